The Morgan fingerprint density at radius 2 is 1.64 bits per heavy atom. The molecular weight excluding hydrogens is 175 g/mol. The molecule has 62 valence electrons. The van der Waals surface area contributed by atoms with Crippen LogP contribution in [0.15, 0.2) is 0 Å². The number of nitrogens with zero attached hydrogens (tertiary/aromatic N) is 2. The van der Waals surface area contributed by atoms with Crippen molar-refractivity contribution in [1.82, 2.24) is 0 Å². The molecule has 0 atom stereocenters. The van der Waals surface area contributed by atoms with Gasteiger partial charge in [-0.15, -0.1) is 20.2 Å². The molecule has 0 rings (SSSR count). The Balaban J connectivity index is 3.76. The van der Waals surface area contributed by atoms with Gasteiger partial charge in [0.25, 0.3) is 10.2 Å². The SMILES string of the molecule is C[CH2][Al]([O][N+](=O)[O-])[O][N+](=O)[O-]. The quantitative estimate of drug-likeness (QED) is 0.332. The van der Waals surface area contributed by atoms with Gasteiger partial charge in [0.05, 0.1) is 0 Å². The van der Waals surface area contributed by atoms with Crippen LogP contribution in [-0.4, -0.2) is 25.0 Å². The highest BCUT2D eigenvalue weighted by Crippen LogP contribution is 1.95. The molecule has 0 spiro atoms. The third-order valence-electron chi connectivity index (χ3n) is 0.741. The highest BCUT2D eigenvalue weighted by Gasteiger charge is 2.29. The first kappa shape index (κ1) is 9.93. The normalized spacial score (nSPS) is 8.45. The van der Waals surface area contributed by atoms with Crippen molar-refractivity contribution in [2.45, 2.75) is 12.2 Å². The van der Waals surface area contributed by atoms with Crippen LogP contribution in [0.2, 0.25) is 5.28 Å². The standard InChI is InChI=1S/C2H5.Al.2NO3/c1-2;;2*2-1(3)4/h1H2,2H3;;;/q;+2;2*-1. The van der Waals surface area contributed by atoms with E-state index in [9.17, 15) is 20.2 Å². The van der Waals surface area contributed by atoms with Gasteiger partial charge in [0.15, 0.2) is 0 Å². The summed E-state index contributed by atoms with van der Waals surface area (Å²) in [4.78, 5) is 19.3. The molecule has 0 fully saturated rings. The molecule has 0 N–H and O–H groups in total. The molecule has 0 aromatic rings. The van der Waals surface area contributed by atoms with E-state index in [2.05, 4.69) is 7.78 Å². The van der Waals surface area contributed by atoms with Crippen molar-refractivity contribution >= 4 is 14.8 Å². The van der Waals surface area contributed by atoms with Crippen LogP contribution in [-0.2, 0) is 7.78 Å². The van der Waals surface area contributed by atoms with Crippen LogP contribution in [0.3, 0.4) is 0 Å². The maximum Gasteiger partial charge on any atom is 0.755 e. The van der Waals surface area contributed by atoms with Gasteiger partial charge < -0.3 is 7.78 Å². The zero-order valence-electron chi connectivity index (χ0n) is 5.63. The zero-order chi connectivity index (χ0) is 8.85. The lowest BCUT2D eigenvalue weighted by Crippen LogP contribution is -2.27. The summed E-state index contributed by atoms with van der Waals surface area (Å²) in [5, 5.41) is 17.3. The van der Waals surface area contributed by atoms with Crippen molar-refractivity contribution in [3.8, 4) is 0 Å². The van der Waals surface area contributed by atoms with Crippen molar-refractivity contribution < 1.29 is 18.0 Å². The molecule has 8 nitrogen and oxygen atoms in total. The fourth-order valence-electron chi connectivity index (χ4n) is 0.360. The van der Waals surface area contributed by atoms with Crippen molar-refractivity contribution in [3.05, 3.63) is 20.2 Å². The van der Waals surface area contributed by atoms with Gasteiger partial charge in [0.1, 0.15) is 0 Å². The van der Waals surface area contributed by atoms with Crippen molar-refractivity contribution in [2.75, 3.05) is 0 Å². The van der Waals surface area contributed by atoms with Gasteiger partial charge in [-0.3, -0.25) is 0 Å². The molecule has 9 heteroatoms. The van der Waals surface area contributed by atoms with Crippen LogP contribution in [0.25, 0.3) is 0 Å². The summed E-state index contributed by atoms with van der Waals surface area (Å²) >= 11 is -2.73. The molecule has 11 heavy (non-hydrogen) atoms. The zero-order valence-corrected chi connectivity index (χ0v) is 6.78. The lowest BCUT2D eigenvalue weighted by Gasteiger charge is -2.02. The topological polar surface area (TPSA) is 105 Å². The Morgan fingerprint density at radius 1 is 1.27 bits per heavy atom. The third kappa shape index (κ3) is 5.38. The fraction of sp³-hybridized carbons (Fsp3) is 1.00. The molecule has 0 aliphatic carbocycles. The monoisotopic (exact) mass is 180 g/mol. The Morgan fingerprint density at radius 3 is 1.82 bits per heavy atom. The van der Waals surface area contributed by atoms with Crippen LogP contribution in [0.5, 0.6) is 0 Å². The van der Waals surface area contributed by atoms with E-state index in [1.807, 2.05) is 0 Å². The summed E-state index contributed by atoms with van der Waals surface area (Å²) < 4.78 is 7.82. The molecule has 0 amide bonds. The maximum atomic E-state index is 9.67. The van der Waals surface area contributed by atoms with Crippen molar-refractivity contribution in [2.24, 2.45) is 0 Å². The number of hydrogen-bond donors (Lipinski definition) is 0. The first-order valence-electron chi connectivity index (χ1n) is 2.68. The van der Waals surface area contributed by atoms with Crippen LogP contribution in [0, 0.1) is 20.2 Å². The molecular formula is C2H5AlN2O6. The van der Waals surface area contributed by atoms with Gasteiger partial charge in [-0.2, -0.15) is 0 Å². The lowest BCUT2D eigenvalue weighted by atomic mass is 11.0. The van der Waals surface area contributed by atoms with Crippen molar-refractivity contribution in [1.29, 1.82) is 0 Å². The van der Waals surface area contributed by atoms with Crippen LogP contribution in [0.4, 0.5) is 0 Å². The Labute approximate surface area is 66.0 Å². The van der Waals surface area contributed by atoms with Gasteiger partial charge in [-0.25, -0.2) is 0 Å². The van der Waals surface area contributed by atoms with Crippen LogP contribution >= 0.6 is 0 Å². The largest absolute Gasteiger partial charge is 0.755 e. The highest BCUT2D eigenvalue weighted by atomic mass is 27.2. The molecule has 0 radical (unpaired) electrons. The third-order valence-corrected chi connectivity index (χ3v) is 2.22. The minimum Gasteiger partial charge on any atom is -0.411 e. The second-order valence-electron chi connectivity index (χ2n) is 1.50. The average Bonchev–Trinajstić information content (AvgIpc) is 1.84. The van der Waals surface area contributed by atoms with Gasteiger partial charge in [-0.05, 0) is 5.28 Å². The Hall–Kier alpha value is -1.07. The lowest BCUT2D eigenvalue weighted by molar-refractivity contribution is -0.759. The second-order valence-corrected chi connectivity index (χ2v) is 3.59. The molecule has 0 aromatic heterocycles. The smallest absolute Gasteiger partial charge is 0.411 e. The molecule has 0 aromatic carbocycles. The van der Waals surface area contributed by atoms with E-state index in [1.165, 1.54) is 6.92 Å². The van der Waals surface area contributed by atoms with Gasteiger partial charge >= 0.3 is 14.8 Å². The molecule has 0 aliphatic rings. The summed E-state index contributed by atoms with van der Waals surface area (Å²) in [6.07, 6.45) is 0. The summed E-state index contributed by atoms with van der Waals surface area (Å²) in [7, 11) is 0. The summed E-state index contributed by atoms with van der Waals surface area (Å²) in [6, 6.07) is 0. The van der Waals surface area contributed by atoms with E-state index in [0.717, 1.165) is 0 Å². The Bertz CT molecular complexity index is 145. The molecule has 0 bridgehead atoms. The van der Waals surface area contributed by atoms with Gasteiger partial charge in [0, 0.05) is 0 Å². The molecule has 0 saturated carbocycles. The van der Waals surface area contributed by atoms with E-state index in [-0.39, 0.29) is 5.28 Å². The predicted octanol–water partition coefficient (Wildman–Crippen LogP) is -0.0889. The van der Waals surface area contributed by atoms with E-state index >= 15 is 0 Å². The number of hydrogen-bond acceptors (Lipinski definition) is 6. The van der Waals surface area contributed by atoms with E-state index < -0.39 is 25.0 Å². The molecule has 0 heterocycles. The second kappa shape index (κ2) is 4.70. The molecule has 0 unspecified atom stereocenters. The van der Waals surface area contributed by atoms with E-state index in [0.29, 0.717) is 0 Å². The average molecular weight is 180 g/mol. The van der Waals surface area contributed by atoms with Gasteiger partial charge in [-0.1, -0.05) is 6.92 Å². The van der Waals surface area contributed by atoms with Crippen LogP contribution < -0.4 is 0 Å². The van der Waals surface area contributed by atoms with E-state index in [1.54, 1.807) is 0 Å². The first-order valence-corrected chi connectivity index (χ1v) is 4.44. The summed E-state index contributed by atoms with van der Waals surface area (Å²) in [6.45, 7) is 1.52. The Kier molecular flexibility index (Phi) is 4.25. The highest BCUT2D eigenvalue weighted by molar-refractivity contribution is 6.43. The molecule has 0 saturated heterocycles. The summed E-state index contributed by atoms with van der Waals surface area (Å²) in [5.74, 6) is 0. The fourth-order valence-corrected chi connectivity index (χ4v) is 1.08. The van der Waals surface area contributed by atoms with Crippen molar-refractivity contribution in [3.63, 3.8) is 0 Å². The summed E-state index contributed by atoms with van der Waals surface area (Å²) in [5.41, 5.74) is 0. The number of rotatable bonds is 5. The maximum absolute atomic E-state index is 9.67. The first-order chi connectivity index (χ1) is 5.06. The minimum atomic E-state index is -2.73. The predicted molar refractivity (Wildman–Crippen MR) is 32.4 cm³/mol. The molecule has 0 aliphatic heterocycles. The van der Waals surface area contributed by atoms with E-state index in [4.69, 9.17) is 0 Å². The van der Waals surface area contributed by atoms with Crippen LogP contribution in [0.1, 0.15) is 6.92 Å². The minimum absolute atomic E-state index is 0.169. The van der Waals surface area contributed by atoms with Gasteiger partial charge in [0.2, 0.25) is 0 Å².